The molecule has 0 spiro atoms. The first-order valence-electron chi connectivity index (χ1n) is 10.2. The molecule has 3 heterocycles. The quantitative estimate of drug-likeness (QED) is 0.294. The summed E-state index contributed by atoms with van der Waals surface area (Å²) < 4.78 is 38.0. The fourth-order valence-electron chi connectivity index (χ4n) is 3.21. The molecule has 1 fully saturated rings. The Kier molecular flexibility index (Phi) is 10.3. The van der Waals surface area contributed by atoms with Crippen molar-refractivity contribution < 1.29 is 13.2 Å². The van der Waals surface area contributed by atoms with Crippen molar-refractivity contribution in [2.75, 3.05) is 31.1 Å². The predicted molar refractivity (Wildman–Crippen MR) is 129 cm³/mol. The molecular formula is C20H28F3IN6S. The average Bonchev–Trinajstić information content (AvgIpc) is 3.22. The number of aromatic nitrogens is 2. The van der Waals surface area contributed by atoms with E-state index in [1.54, 1.807) is 0 Å². The zero-order valence-corrected chi connectivity index (χ0v) is 20.6. The van der Waals surface area contributed by atoms with Gasteiger partial charge in [0.1, 0.15) is 5.82 Å². The minimum absolute atomic E-state index is 0. The van der Waals surface area contributed by atoms with Crippen LogP contribution in [0, 0.1) is 0 Å². The van der Waals surface area contributed by atoms with Crippen molar-refractivity contribution in [3.05, 3.63) is 40.0 Å². The highest BCUT2D eigenvalue weighted by Crippen LogP contribution is 2.30. The Morgan fingerprint density at radius 2 is 2.00 bits per heavy atom. The zero-order valence-electron chi connectivity index (χ0n) is 17.4. The number of rotatable bonds is 7. The smallest absolute Gasteiger partial charge is 0.357 e. The van der Waals surface area contributed by atoms with Crippen LogP contribution in [0.1, 0.15) is 42.5 Å². The second-order valence-electron chi connectivity index (χ2n) is 7.07. The van der Waals surface area contributed by atoms with Gasteiger partial charge in [0.25, 0.3) is 0 Å². The summed E-state index contributed by atoms with van der Waals surface area (Å²) in [6.07, 6.45) is 1.49. The summed E-state index contributed by atoms with van der Waals surface area (Å²) >= 11 is 1.02. The highest BCUT2D eigenvalue weighted by molar-refractivity contribution is 14.0. The molecule has 0 unspecified atom stereocenters. The summed E-state index contributed by atoms with van der Waals surface area (Å²) in [6.45, 7) is 5.68. The lowest BCUT2D eigenvalue weighted by atomic mass is 10.1. The third-order valence-corrected chi connectivity index (χ3v) is 5.64. The van der Waals surface area contributed by atoms with Crippen LogP contribution in [0.3, 0.4) is 0 Å². The first-order valence-corrected chi connectivity index (χ1v) is 11.1. The second-order valence-corrected chi connectivity index (χ2v) is 8.01. The Labute approximate surface area is 201 Å². The van der Waals surface area contributed by atoms with E-state index in [4.69, 9.17) is 0 Å². The summed E-state index contributed by atoms with van der Waals surface area (Å²) in [6, 6.07) is 4.03. The third-order valence-electron chi connectivity index (χ3n) is 4.73. The Morgan fingerprint density at radius 1 is 1.23 bits per heavy atom. The van der Waals surface area contributed by atoms with Crippen LogP contribution in [0.4, 0.5) is 19.0 Å². The third kappa shape index (κ3) is 8.09. The van der Waals surface area contributed by atoms with Crippen LogP contribution in [-0.2, 0) is 19.1 Å². The van der Waals surface area contributed by atoms with Gasteiger partial charge in [-0.2, -0.15) is 13.2 Å². The number of hydrogen-bond donors (Lipinski definition) is 2. The molecular weight excluding hydrogens is 540 g/mol. The van der Waals surface area contributed by atoms with Gasteiger partial charge in [-0.15, -0.1) is 35.3 Å². The van der Waals surface area contributed by atoms with Crippen molar-refractivity contribution >= 4 is 47.1 Å². The lowest BCUT2D eigenvalue weighted by Gasteiger charge is -2.27. The van der Waals surface area contributed by atoms with Gasteiger partial charge in [0.15, 0.2) is 11.7 Å². The molecule has 0 atom stereocenters. The molecule has 0 aromatic carbocycles. The van der Waals surface area contributed by atoms with E-state index in [-0.39, 0.29) is 24.0 Å². The van der Waals surface area contributed by atoms with Gasteiger partial charge in [-0.3, -0.25) is 0 Å². The van der Waals surface area contributed by atoms with E-state index in [1.165, 1.54) is 19.3 Å². The number of aliphatic imine (C=N–C) groups is 1. The number of guanidine groups is 1. The fourth-order valence-corrected chi connectivity index (χ4v) is 4.02. The molecule has 11 heteroatoms. The number of nitrogens with one attached hydrogen (secondary N) is 2. The number of nitrogens with zero attached hydrogens (tertiary/aromatic N) is 4. The highest BCUT2D eigenvalue weighted by Gasteiger charge is 2.33. The van der Waals surface area contributed by atoms with E-state index in [0.29, 0.717) is 37.0 Å². The number of anilines is 1. The Bertz CT molecular complexity index is 836. The van der Waals surface area contributed by atoms with Gasteiger partial charge in [-0.25, -0.2) is 15.0 Å². The van der Waals surface area contributed by atoms with Gasteiger partial charge < -0.3 is 15.5 Å². The van der Waals surface area contributed by atoms with E-state index in [0.717, 1.165) is 41.2 Å². The molecule has 0 saturated carbocycles. The molecule has 2 aromatic heterocycles. The maximum absolute atomic E-state index is 12.7. The molecule has 0 aliphatic carbocycles. The maximum Gasteiger partial charge on any atom is 0.434 e. The van der Waals surface area contributed by atoms with Crippen molar-refractivity contribution in [3.8, 4) is 0 Å². The molecule has 0 radical (unpaired) electrons. The molecule has 31 heavy (non-hydrogen) atoms. The molecule has 6 nitrogen and oxygen atoms in total. The lowest BCUT2D eigenvalue weighted by molar-refractivity contribution is -0.140. The van der Waals surface area contributed by atoms with Crippen LogP contribution in [0.2, 0.25) is 0 Å². The Morgan fingerprint density at radius 3 is 2.68 bits per heavy atom. The Balaban J connectivity index is 0.00000341. The Hall–Kier alpha value is -1.63. The van der Waals surface area contributed by atoms with Crippen molar-refractivity contribution in [3.63, 3.8) is 0 Å². The topological polar surface area (TPSA) is 65.4 Å². The van der Waals surface area contributed by atoms with Crippen LogP contribution in [0.15, 0.2) is 28.7 Å². The van der Waals surface area contributed by atoms with Gasteiger partial charge in [-0.05, 0) is 43.9 Å². The number of hydrogen-bond acceptors (Lipinski definition) is 5. The lowest BCUT2D eigenvalue weighted by Crippen LogP contribution is -2.38. The molecule has 172 valence electrons. The van der Waals surface area contributed by atoms with Crippen LogP contribution < -0.4 is 15.5 Å². The van der Waals surface area contributed by atoms with E-state index in [9.17, 15) is 13.2 Å². The van der Waals surface area contributed by atoms with Gasteiger partial charge in [0.05, 0.1) is 11.6 Å². The van der Waals surface area contributed by atoms with E-state index in [1.807, 2.05) is 19.2 Å². The summed E-state index contributed by atoms with van der Waals surface area (Å²) in [5, 5.41) is 7.83. The summed E-state index contributed by atoms with van der Waals surface area (Å²) in [5.41, 5.74) is 0.239. The van der Waals surface area contributed by atoms with Gasteiger partial charge in [0.2, 0.25) is 0 Å². The number of piperidine rings is 1. The fraction of sp³-hybridized carbons (Fsp3) is 0.550. The predicted octanol–water partition coefficient (Wildman–Crippen LogP) is 4.46. The maximum atomic E-state index is 12.7. The monoisotopic (exact) mass is 568 g/mol. The number of alkyl halides is 3. The van der Waals surface area contributed by atoms with Gasteiger partial charge in [0, 0.05) is 44.2 Å². The number of thiazole rings is 1. The van der Waals surface area contributed by atoms with E-state index in [2.05, 4.69) is 36.6 Å². The zero-order chi connectivity index (χ0) is 21.4. The van der Waals surface area contributed by atoms with Crippen LogP contribution in [-0.4, -0.2) is 42.1 Å². The van der Waals surface area contributed by atoms with Gasteiger partial charge >= 0.3 is 6.18 Å². The minimum Gasteiger partial charge on any atom is -0.357 e. The number of halogens is 4. The number of pyridine rings is 1. The molecule has 0 amide bonds. The van der Waals surface area contributed by atoms with Crippen LogP contribution in [0.25, 0.3) is 0 Å². The molecule has 1 aliphatic heterocycles. The van der Waals surface area contributed by atoms with Crippen molar-refractivity contribution in [2.45, 2.75) is 45.3 Å². The SMILES string of the molecule is CCNC(=NCc1ccnc(N2CCCCC2)c1)NCCc1nc(C(F)(F)F)cs1.I. The highest BCUT2D eigenvalue weighted by atomic mass is 127. The minimum atomic E-state index is -4.39. The standard InChI is InChI=1S/C20H27F3N6S.HI/c1-2-24-19(26-9-7-18-28-16(14-30-18)20(21,22)23)27-13-15-6-8-25-17(12-15)29-10-4-3-5-11-29;/h6,8,12,14H,2-5,7,9-11,13H2,1H3,(H2,24,26,27);1H. The van der Waals surface area contributed by atoms with E-state index < -0.39 is 11.9 Å². The normalized spacial score (nSPS) is 14.8. The largest absolute Gasteiger partial charge is 0.434 e. The first-order chi connectivity index (χ1) is 14.5. The van der Waals surface area contributed by atoms with Crippen molar-refractivity contribution in [2.24, 2.45) is 4.99 Å². The van der Waals surface area contributed by atoms with Crippen LogP contribution in [0.5, 0.6) is 0 Å². The van der Waals surface area contributed by atoms with Crippen LogP contribution >= 0.6 is 35.3 Å². The molecule has 1 aliphatic rings. The summed E-state index contributed by atoms with van der Waals surface area (Å²) in [7, 11) is 0. The summed E-state index contributed by atoms with van der Waals surface area (Å²) in [5.74, 6) is 1.62. The van der Waals surface area contributed by atoms with Crippen molar-refractivity contribution in [1.29, 1.82) is 0 Å². The molecule has 2 aromatic rings. The van der Waals surface area contributed by atoms with Gasteiger partial charge in [-0.1, -0.05) is 0 Å². The molecule has 2 N–H and O–H groups in total. The molecule has 3 rings (SSSR count). The second kappa shape index (κ2) is 12.4. The first kappa shape index (κ1) is 25.6. The average molecular weight is 568 g/mol. The van der Waals surface area contributed by atoms with E-state index >= 15 is 0 Å². The molecule has 1 saturated heterocycles. The van der Waals surface area contributed by atoms with Crippen molar-refractivity contribution in [1.82, 2.24) is 20.6 Å². The molecule has 0 bridgehead atoms. The summed E-state index contributed by atoms with van der Waals surface area (Å²) in [4.78, 5) is 15.0.